The molecular formula is C14H19Br2NO. The molecule has 1 unspecified atom stereocenters. The molecule has 0 aromatic heterocycles. The largest absolute Gasteiger partial charge is 0.380 e. The fourth-order valence-corrected chi connectivity index (χ4v) is 3.24. The van der Waals surface area contributed by atoms with Crippen molar-refractivity contribution in [3.05, 3.63) is 32.7 Å². The highest BCUT2D eigenvalue weighted by molar-refractivity contribution is 9.11. The van der Waals surface area contributed by atoms with Crippen molar-refractivity contribution in [2.45, 2.75) is 25.8 Å². The van der Waals surface area contributed by atoms with Gasteiger partial charge >= 0.3 is 0 Å². The average molecular weight is 377 g/mol. The Hall–Kier alpha value is 0.1000. The summed E-state index contributed by atoms with van der Waals surface area (Å²) < 4.78 is 7.84. The summed E-state index contributed by atoms with van der Waals surface area (Å²) in [5.41, 5.74) is 1.28. The summed E-state index contributed by atoms with van der Waals surface area (Å²) in [6.45, 7) is 4.82. The van der Waals surface area contributed by atoms with Gasteiger partial charge in [0.15, 0.2) is 0 Å². The smallest absolute Gasteiger partial charge is 0.0591 e. The first-order valence-electron chi connectivity index (χ1n) is 6.43. The molecule has 1 aromatic carbocycles. The second-order valence-corrected chi connectivity index (χ2v) is 6.63. The molecule has 1 fully saturated rings. The van der Waals surface area contributed by atoms with Crippen molar-refractivity contribution in [1.82, 2.24) is 5.32 Å². The average Bonchev–Trinajstić information content (AvgIpc) is 3.12. The molecular weight excluding hydrogens is 358 g/mol. The number of benzene rings is 1. The van der Waals surface area contributed by atoms with Gasteiger partial charge in [-0.2, -0.15) is 0 Å². The van der Waals surface area contributed by atoms with Gasteiger partial charge < -0.3 is 10.1 Å². The maximum absolute atomic E-state index is 5.61. The zero-order valence-electron chi connectivity index (χ0n) is 10.6. The first kappa shape index (κ1) is 14.5. The lowest BCUT2D eigenvalue weighted by Crippen LogP contribution is -2.23. The topological polar surface area (TPSA) is 21.3 Å². The standard InChI is InChI=1S/C14H19Br2NO/c1-10(13-5-4-12(15)8-14(13)16)17-6-7-18-9-11-2-3-11/h4-5,8,10-11,17H,2-3,6-7,9H2,1H3. The summed E-state index contributed by atoms with van der Waals surface area (Å²) in [5, 5.41) is 3.48. The van der Waals surface area contributed by atoms with Crippen LogP contribution in [0.15, 0.2) is 27.1 Å². The SMILES string of the molecule is CC(NCCOCC1CC1)c1ccc(Br)cc1Br. The molecule has 0 radical (unpaired) electrons. The molecule has 18 heavy (non-hydrogen) atoms. The van der Waals surface area contributed by atoms with E-state index in [0.717, 1.165) is 34.6 Å². The number of rotatable bonds is 7. The van der Waals surface area contributed by atoms with Gasteiger partial charge in [-0.3, -0.25) is 0 Å². The van der Waals surface area contributed by atoms with Crippen molar-refractivity contribution in [2.24, 2.45) is 5.92 Å². The van der Waals surface area contributed by atoms with Gasteiger partial charge in [0.1, 0.15) is 0 Å². The monoisotopic (exact) mass is 375 g/mol. The molecule has 0 heterocycles. The van der Waals surface area contributed by atoms with Crippen LogP contribution in [-0.4, -0.2) is 19.8 Å². The second kappa shape index (κ2) is 7.04. The molecule has 2 rings (SSSR count). The summed E-state index contributed by atoms with van der Waals surface area (Å²) in [6.07, 6.45) is 2.71. The van der Waals surface area contributed by atoms with Crippen LogP contribution < -0.4 is 5.32 Å². The molecule has 1 aliphatic carbocycles. The zero-order chi connectivity index (χ0) is 13.0. The highest BCUT2D eigenvalue weighted by Crippen LogP contribution is 2.29. The van der Waals surface area contributed by atoms with Gasteiger partial charge in [0, 0.05) is 28.1 Å². The third-order valence-corrected chi connectivity index (χ3v) is 4.36. The van der Waals surface area contributed by atoms with Crippen LogP contribution in [0.25, 0.3) is 0 Å². The van der Waals surface area contributed by atoms with Crippen LogP contribution in [0.3, 0.4) is 0 Å². The van der Waals surface area contributed by atoms with Gasteiger partial charge in [-0.1, -0.05) is 37.9 Å². The van der Waals surface area contributed by atoms with Gasteiger partial charge in [-0.15, -0.1) is 0 Å². The fraction of sp³-hybridized carbons (Fsp3) is 0.571. The van der Waals surface area contributed by atoms with Crippen molar-refractivity contribution in [3.8, 4) is 0 Å². The highest BCUT2D eigenvalue weighted by atomic mass is 79.9. The number of ether oxygens (including phenoxy) is 1. The molecule has 1 aliphatic rings. The van der Waals surface area contributed by atoms with Gasteiger partial charge in [0.25, 0.3) is 0 Å². The summed E-state index contributed by atoms with van der Waals surface area (Å²) in [5.74, 6) is 0.850. The summed E-state index contributed by atoms with van der Waals surface area (Å²) in [6, 6.07) is 6.62. The summed E-state index contributed by atoms with van der Waals surface area (Å²) >= 11 is 7.06. The van der Waals surface area contributed by atoms with Crippen LogP contribution >= 0.6 is 31.9 Å². The Labute approximate surface area is 126 Å². The molecule has 4 heteroatoms. The van der Waals surface area contributed by atoms with Crippen molar-refractivity contribution in [2.75, 3.05) is 19.8 Å². The van der Waals surface area contributed by atoms with E-state index in [0.29, 0.717) is 6.04 Å². The van der Waals surface area contributed by atoms with E-state index in [-0.39, 0.29) is 0 Å². The molecule has 1 atom stereocenters. The normalized spacial score (nSPS) is 16.8. The van der Waals surface area contributed by atoms with Gasteiger partial charge in [0.05, 0.1) is 6.61 Å². The van der Waals surface area contributed by atoms with E-state index in [1.165, 1.54) is 18.4 Å². The van der Waals surface area contributed by atoms with E-state index in [9.17, 15) is 0 Å². The number of hydrogen-bond acceptors (Lipinski definition) is 2. The van der Waals surface area contributed by atoms with E-state index in [1.807, 2.05) is 0 Å². The van der Waals surface area contributed by atoms with Gasteiger partial charge in [-0.05, 0) is 43.4 Å². The molecule has 1 N–H and O–H groups in total. The molecule has 0 saturated heterocycles. The van der Waals surface area contributed by atoms with Crippen LogP contribution in [0.2, 0.25) is 0 Å². The van der Waals surface area contributed by atoms with Crippen molar-refractivity contribution in [1.29, 1.82) is 0 Å². The Morgan fingerprint density at radius 1 is 1.39 bits per heavy atom. The molecule has 0 spiro atoms. The maximum atomic E-state index is 5.61. The molecule has 0 bridgehead atoms. The number of hydrogen-bond donors (Lipinski definition) is 1. The third-order valence-electron chi connectivity index (χ3n) is 3.18. The second-order valence-electron chi connectivity index (χ2n) is 4.86. The van der Waals surface area contributed by atoms with Gasteiger partial charge in [-0.25, -0.2) is 0 Å². The molecule has 1 saturated carbocycles. The van der Waals surface area contributed by atoms with E-state index in [1.54, 1.807) is 0 Å². The lowest BCUT2D eigenvalue weighted by atomic mass is 10.1. The molecule has 2 nitrogen and oxygen atoms in total. The van der Waals surface area contributed by atoms with Crippen LogP contribution in [-0.2, 0) is 4.74 Å². The van der Waals surface area contributed by atoms with E-state index in [2.05, 4.69) is 62.3 Å². The minimum atomic E-state index is 0.331. The summed E-state index contributed by atoms with van der Waals surface area (Å²) in [7, 11) is 0. The van der Waals surface area contributed by atoms with Crippen LogP contribution in [0.1, 0.15) is 31.4 Å². The predicted octanol–water partition coefficient (Wildman–Crippen LogP) is 4.29. The maximum Gasteiger partial charge on any atom is 0.0591 e. The predicted molar refractivity (Wildman–Crippen MR) is 81.8 cm³/mol. The Morgan fingerprint density at radius 3 is 2.83 bits per heavy atom. The van der Waals surface area contributed by atoms with Crippen LogP contribution in [0, 0.1) is 5.92 Å². The number of nitrogens with one attached hydrogen (secondary N) is 1. The van der Waals surface area contributed by atoms with Crippen molar-refractivity contribution in [3.63, 3.8) is 0 Å². The minimum Gasteiger partial charge on any atom is -0.380 e. The van der Waals surface area contributed by atoms with Gasteiger partial charge in [0.2, 0.25) is 0 Å². The van der Waals surface area contributed by atoms with E-state index in [4.69, 9.17) is 4.74 Å². The Morgan fingerprint density at radius 2 is 2.17 bits per heavy atom. The fourth-order valence-electron chi connectivity index (χ4n) is 1.84. The Balaban J connectivity index is 1.70. The lowest BCUT2D eigenvalue weighted by molar-refractivity contribution is 0.124. The molecule has 0 amide bonds. The third kappa shape index (κ3) is 4.65. The Bertz CT molecular complexity index is 393. The quantitative estimate of drug-likeness (QED) is 0.716. The molecule has 1 aromatic rings. The first-order valence-corrected chi connectivity index (χ1v) is 8.01. The highest BCUT2D eigenvalue weighted by Gasteiger charge is 2.20. The van der Waals surface area contributed by atoms with Crippen LogP contribution in [0.4, 0.5) is 0 Å². The summed E-state index contributed by atoms with van der Waals surface area (Å²) in [4.78, 5) is 0. The van der Waals surface area contributed by atoms with Crippen molar-refractivity contribution < 1.29 is 4.74 Å². The zero-order valence-corrected chi connectivity index (χ0v) is 13.8. The number of halogens is 2. The lowest BCUT2D eigenvalue weighted by Gasteiger charge is -2.16. The minimum absolute atomic E-state index is 0.331. The van der Waals surface area contributed by atoms with Crippen LogP contribution in [0.5, 0.6) is 0 Å². The molecule has 100 valence electrons. The first-order chi connectivity index (χ1) is 8.66. The Kier molecular flexibility index (Phi) is 5.67. The van der Waals surface area contributed by atoms with Crippen molar-refractivity contribution >= 4 is 31.9 Å². The molecule has 0 aliphatic heterocycles. The van der Waals surface area contributed by atoms with E-state index < -0.39 is 0 Å². The van der Waals surface area contributed by atoms with E-state index >= 15 is 0 Å².